The monoisotopic (exact) mass is 350 g/mol. The summed E-state index contributed by atoms with van der Waals surface area (Å²) in [6, 6.07) is 5.04. The molecule has 9 heteroatoms. The van der Waals surface area contributed by atoms with Crippen LogP contribution in [0, 0.1) is 26.6 Å². The first-order valence-electron chi connectivity index (χ1n) is 7.06. The highest BCUT2D eigenvalue weighted by molar-refractivity contribution is 7.93. The maximum atomic E-state index is 13.0. The number of hydrogen-bond acceptors (Lipinski definition) is 5. The molecule has 3 rings (SSSR count). The molecule has 0 unspecified atom stereocenters. The summed E-state index contributed by atoms with van der Waals surface area (Å²) in [5, 5.41) is 7.65. The molecule has 2 N–H and O–H groups in total. The third-order valence-electron chi connectivity index (χ3n) is 3.42. The number of anilines is 1. The number of hydrogen-bond donors (Lipinski definition) is 2. The zero-order valence-electron chi connectivity index (χ0n) is 13.2. The van der Waals surface area contributed by atoms with Gasteiger partial charge in [-0.25, -0.2) is 12.8 Å². The van der Waals surface area contributed by atoms with Crippen LogP contribution in [0.5, 0.6) is 0 Å². The van der Waals surface area contributed by atoms with E-state index >= 15 is 0 Å². The molecule has 2 heterocycles. The topological polar surface area (TPSA) is 101 Å². The van der Waals surface area contributed by atoms with Gasteiger partial charge in [0, 0.05) is 24.0 Å². The summed E-state index contributed by atoms with van der Waals surface area (Å²) < 4.78 is 46.4. The molecule has 0 atom stereocenters. The number of aryl methyl sites for hydroxylation is 3. The molecule has 3 aromatic rings. The van der Waals surface area contributed by atoms with Crippen molar-refractivity contribution in [2.24, 2.45) is 0 Å². The van der Waals surface area contributed by atoms with Crippen LogP contribution in [0.4, 0.5) is 10.1 Å². The Morgan fingerprint density at radius 1 is 1.08 bits per heavy atom. The SMILES string of the molecule is Cc1nnc(-c2c(C)[nH]c(C)c2S(=O)(=O)Nc2ccc(F)cc2)o1. The van der Waals surface area contributed by atoms with Crippen molar-refractivity contribution >= 4 is 15.7 Å². The maximum absolute atomic E-state index is 13.0. The number of H-pyrrole nitrogens is 1. The number of halogens is 1. The lowest BCUT2D eigenvalue weighted by atomic mass is 10.2. The Hall–Kier alpha value is -2.68. The number of nitrogens with one attached hydrogen (secondary N) is 2. The zero-order chi connectivity index (χ0) is 17.5. The van der Waals surface area contributed by atoms with Gasteiger partial charge in [0.2, 0.25) is 5.89 Å². The molecule has 0 radical (unpaired) electrons. The van der Waals surface area contributed by atoms with Gasteiger partial charge in [0.25, 0.3) is 15.9 Å². The largest absolute Gasteiger partial charge is 0.421 e. The molecule has 1 aromatic carbocycles. The second-order valence-electron chi connectivity index (χ2n) is 5.32. The molecular weight excluding hydrogens is 335 g/mol. The Morgan fingerprint density at radius 3 is 2.33 bits per heavy atom. The van der Waals surface area contributed by atoms with E-state index in [-0.39, 0.29) is 16.5 Å². The second kappa shape index (κ2) is 5.75. The zero-order valence-corrected chi connectivity index (χ0v) is 14.0. The summed E-state index contributed by atoms with van der Waals surface area (Å²) in [6.45, 7) is 4.98. The summed E-state index contributed by atoms with van der Waals surface area (Å²) in [4.78, 5) is 3.00. The minimum Gasteiger partial charge on any atom is -0.421 e. The summed E-state index contributed by atoms with van der Waals surface area (Å²) in [7, 11) is -3.94. The highest BCUT2D eigenvalue weighted by Gasteiger charge is 2.29. The summed E-state index contributed by atoms with van der Waals surface area (Å²) in [5.41, 5.74) is 1.61. The third-order valence-corrected chi connectivity index (χ3v) is 4.97. The van der Waals surface area contributed by atoms with E-state index in [0.717, 1.165) is 0 Å². The van der Waals surface area contributed by atoms with Gasteiger partial charge in [-0.05, 0) is 38.1 Å². The Kier molecular flexibility index (Phi) is 3.88. The van der Waals surface area contributed by atoms with Crippen molar-refractivity contribution in [1.29, 1.82) is 0 Å². The Morgan fingerprint density at radius 2 is 1.75 bits per heavy atom. The second-order valence-corrected chi connectivity index (χ2v) is 6.94. The van der Waals surface area contributed by atoms with Crippen LogP contribution in [-0.4, -0.2) is 23.6 Å². The molecule has 7 nitrogen and oxygen atoms in total. The predicted molar refractivity (Wildman–Crippen MR) is 85.5 cm³/mol. The van der Waals surface area contributed by atoms with Crippen LogP contribution in [-0.2, 0) is 10.0 Å². The van der Waals surface area contributed by atoms with E-state index in [0.29, 0.717) is 22.8 Å². The summed E-state index contributed by atoms with van der Waals surface area (Å²) >= 11 is 0. The number of aromatic amines is 1. The van der Waals surface area contributed by atoms with E-state index in [4.69, 9.17) is 4.42 Å². The van der Waals surface area contributed by atoms with Crippen LogP contribution in [0.25, 0.3) is 11.5 Å². The standard InChI is InChI=1S/C15H15FN4O3S/c1-8-13(15-19-18-10(3)23-15)14(9(2)17-8)24(21,22)20-12-6-4-11(16)5-7-12/h4-7,17,20H,1-3H3. The fraction of sp³-hybridized carbons (Fsp3) is 0.200. The minimum absolute atomic E-state index is 0.0213. The van der Waals surface area contributed by atoms with Crippen molar-refractivity contribution in [2.45, 2.75) is 25.7 Å². The average Bonchev–Trinajstić information content (AvgIpc) is 3.04. The Balaban J connectivity index is 2.09. The molecule has 0 amide bonds. The van der Waals surface area contributed by atoms with E-state index in [9.17, 15) is 12.8 Å². The van der Waals surface area contributed by atoms with Gasteiger partial charge in [-0.1, -0.05) is 0 Å². The van der Waals surface area contributed by atoms with Crippen molar-refractivity contribution in [3.05, 3.63) is 47.4 Å². The lowest BCUT2D eigenvalue weighted by molar-refractivity contribution is 0.531. The predicted octanol–water partition coefficient (Wildman–Crippen LogP) is 2.93. The maximum Gasteiger partial charge on any atom is 0.264 e. The van der Waals surface area contributed by atoms with Gasteiger partial charge in [-0.15, -0.1) is 10.2 Å². The molecule has 0 aliphatic carbocycles. The number of benzene rings is 1. The average molecular weight is 350 g/mol. The first-order chi connectivity index (χ1) is 11.3. The molecule has 0 aliphatic heterocycles. The first kappa shape index (κ1) is 16.2. The smallest absolute Gasteiger partial charge is 0.264 e. The molecule has 0 fully saturated rings. The van der Waals surface area contributed by atoms with E-state index in [1.54, 1.807) is 20.8 Å². The van der Waals surface area contributed by atoms with E-state index in [2.05, 4.69) is 19.9 Å². The van der Waals surface area contributed by atoms with Gasteiger partial charge >= 0.3 is 0 Å². The molecule has 0 aliphatic rings. The van der Waals surface area contributed by atoms with Gasteiger partial charge in [-0.2, -0.15) is 0 Å². The minimum atomic E-state index is -3.94. The van der Waals surface area contributed by atoms with Gasteiger partial charge in [-0.3, -0.25) is 4.72 Å². The van der Waals surface area contributed by atoms with Crippen LogP contribution >= 0.6 is 0 Å². The van der Waals surface area contributed by atoms with Gasteiger partial charge < -0.3 is 9.40 Å². The number of aromatic nitrogens is 3. The highest BCUT2D eigenvalue weighted by Crippen LogP contribution is 2.33. The molecule has 2 aromatic heterocycles. The lowest BCUT2D eigenvalue weighted by Gasteiger charge is -2.09. The van der Waals surface area contributed by atoms with Crippen LogP contribution in [0.15, 0.2) is 33.6 Å². The van der Waals surface area contributed by atoms with Crippen LogP contribution in [0.1, 0.15) is 17.3 Å². The molecule has 24 heavy (non-hydrogen) atoms. The van der Waals surface area contributed by atoms with Crippen molar-refractivity contribution in [2.75, 3.05) is 4.72 Å². The number of sulfonamides is 1. The van der Waals surface area contributed by atoms with Crippen LogP contribution in [0.2, 0.25) is 0 Å². The van der Waals surface area contributed by atoms with Crippen molar-refractivity contribution in [3.63, 3.8) is 0 Å². The van der Waals surface area contributed by atoms with Crippen molar-refractivity contribution < 1.29 is 17.2 Å². The normalized spacial score (nSPS) is 11.7. The number of rotatable bonds is 4. The van der Waals surface area contributed by atoms with Crippen molar-refractivity contribution in [1.82, 2.24) is 15.2 Å². The summed E-state index contributed by atoms with van der Waals surface area (Å²) in [6.07, 6.45) is 0. The Bertz CT molecular complexity index is 990. The van der Waals surface area contributed by atoms with E-state index in [1.165, 1.54) is 24.3 Å². The highest BCUT2D eigenvalue weighted by atomic mass is 32.2. The van der Waals surface area contributed by atoms with Crippen LogP contribution < -0.4 is 4.72 Å². The Labute approximate surface area is 138 Å². The van der Waals surface area contributed by atoms with Gasteiger partial charge in [0.15, 0.2) is 0 Å². The van der Waals surface area contributed by atoms with Crippen LogP contribution in [0.3, 0.4) is 0 Å². The van der Waals surface area contributed by atoms with Crippen molar-refractivity contribution in [3.8, 4) is 11.5 Å². The fourth-order valence-corrected chi connectivity index (χ4v) is 3.99. The molecule has 0 saturated heterocycles. The molecule has 126 valence electrons. The van der Waals surface area contributed by atoms with E-state index in [1.807, 2.05) is 0 Å². The number of nitrogens with zero attached hydrogens (tertiary/aromatic N) is 2. The molecule has 0 saturated carbocycles. The third kappa shape index (κ3) is 2.90. The quantitative estimate of drug-likeness (QED) is 0.753. The molecule has 0 bridgehead atoms. The molecular formula is C15H15FN4O3S. The summed E-state index contributed by atoms with van der Waals surface area (Å²) in [5.74, 6) is 0.000525. The molecule has 0 spiro atoms. The van der Waals surface area contributed by atoms with E-state index < -0.39 is 15.8 Å². The lowest BCUT2D eigenvalue weighted by Crippen LogP contribution is -2.14. The van der Waals surface area contributed by atoms with Gasteiger partial charge in [0.1, 0.15) is 10.7 Å². The first-order valence-corrected chi connectivity index (χ1v) is 8.54. The fourth-order valence-electron chi connectivity index (χ4n) is 2.47. The van der Waals surface area contributed by atoms with Gasteiger partial charge in [0.05, 0.1) is 5.56 Å².